The summed E-state index contributed by atoms with van der Waals surface area (Å²) < 4.78 is 4.49. The molecule has 10 heavy (non-hydrogen) atoms. The fraction of sp³-hybridized carbons (Fsp3) is 0.571. The average molecular weight is 143 g/mol. The number of carbonyl (C=O) groups is 1. The maximum Gasteiger partial charge on any atom is 0.404 e. The summed E-state index contributed by atoms with van der Waals surface area (Å²) in [7, 11) is 0. The second-order valence-corrected chi connectivity index (χ2v) is 2.24. The van der Waals surface area contributed by atoms with E-state index in [1.54, 1.807) is 0 Å². The molecule has 0 unspecified atom stereocenters. The Labute approximate surface area is 60.9 Å². The molecular weight excluding hydrogens is 130 g/mol. The van der Waals surface area contributed by atoms with E-state index in [2.05, 4.69) is 4.74 Å². The van der Waals surface area contributed by atoms with Gasteiger partial charge in [0.05, 0.1) is 6.61 Å². The Kier molecular flexibility index (Phi) is 4.37. The van der Waals surface area contributed by atoms with Crippen molar-refractivity contribution in [2.75, 3.05) is 6.61 Å². The zero-order valence-electron chi connectivity index (χ0n) is 6.39. The van der Waals surface area contributed by atoms with Crippen molar-refractivity contribution in [3.63, 3.8) is 0 Å². The van der Waals surface area contributed by atoms with Gasteiger partial charge in [-0.15, -0.1) is 0 Å². The van der Waals surface area contributed by atoms with Gasteiger partial charge in [-0.05, 0) is 20.3 Å². The Morgan fingerprint density at radius 3 is 2.60 bits per heavy atom. The molecule has 0 aromatic rings. The van der Waals surface area contributed by atoms with Gasteiger partial charge in [0.25, 0.3) is 0 Å². The van der Waals surface area contributed by atoms with E-state index in [0.717, 1.165) is 6.42 Å². The first-order valence-corrected chi connectivity index (χ1v) is 3.18. The fourth-order valence-corrected chi connectivity index (χ4v) is 0.507. The van der Waals surface area contributed by atoms with E-state index >= 15 is 0 Å². The first-order valence-electron chi connectivity index (χ1n) is 3.18. The minimum Gasteiger partial charge on any atom is -0.449 e. The van der Waals surface area contributed by atoms with E-state index in [-0.39, 0.29) is 0 Å². The molecule has 3 heteroatoms. The molecule has 0 aliphatic carbocycles. The molecule has 0 aromatic carbocycles. The maximum atomic E-state index is 10.0. The van der Waals surface area contributed by atoms with E-state index < -0.39 is 6.09 Å². The largest absolute Gasteiger partial charge is 0.449 e. The molecule has 0 radical (unpaired) electrons. The molecule has 0 bridgehead atoms. The summed E-state index contributed by atoms with van der Waals surface area (Å²) in [6.45, 7) is 4.36. The highest BCUT2D eigenvalue weighted by molar-refractivity contribution is 5.64. The van der Waals surface area contributed by atoms with Gasteiger partial charge in [-0.1, -0.05) is 11.6 Å². The molecular formula is C7H13NO2. The first kappa shape index (κ1) is 9.01. The van der Waals surface area contributed by atoms with Crippen LogP contribution < -0.4 is 5.73 Å². The van der Waals surface area contributed by atoms with Crippen LogP contribution in [0.25, 0.3) is 0 Å². The van der Waals surface area contributed by atoms with Gasteiger partial charge in [-0.3, -0.25) is 0 Å². The van der Waals surface area contributed by atoms with Gasteiger partial charge in [0, 0.05) is 0 Å². The van der Waals surface area contributed by atoms with E-state index in [4.69, 9.17) is 5.73 Å². The third kappa shape index (κ3) is 7.01. The second-order valence-electron chi connectivity index (χ2n) is 2.24. The molecule has 2 N–H and O–H groups in total. The lowest BCUT2D eigenvalue weighted by atomic mass is 10.3. The molecule has 0 spiro atoms. The lowest BCUT2D eigenvalue weighted by molar-refractivity contribution is 0.159. The van der Waals surface area contributed by atoms with Gasteiger partial charge < -0.3 is 10.5 Å². The Balaban J connectivity index is 3.21. The summed E-state index contributed by atoms with van der Waals surface area (Å²) in [6, 6.07) is 0. The highest BCUT2D eigenvalue weighted by Crippen LogP contribution is 1.92. The third-order valence-corrected chi connectivity index (χ3v) is 0.915. The highest BCUT2D eigenvalue weighted by Gasteiger charge is 1.89. The summed E-state index contributed by atoms with van der Waals surface area (Å²) in [5.41, 5.74) is 5.94. The molecule has 0 aliphatic heterocycles. The zero-order chi connectivity index (χ0) is 7.98. The topological polar surface area (TPSA) is 52.3 Å². The predicted molar refractivity (Wildman–Crippen MR) is 39.6 cm³/mol. The summed E-state index contributed by atoms with van der Waals surface area (Å²) in [5, 5.41) is 0. The maximum absolute atomic E-state index is 10.0. The molecule has 0 aliphatic rings. The van der Waals surface area contributed by atoms with Crippen LogP contribution in [-0.2, 0) is 4.74 Å². The predicted octanol–water partition coefficient (Wildman–Crippen LogP) is 1.44. The summed E-state index contributed by atoms with van der Waals surface area (Å²) in [4.78, 5) is 10.0. The van der Waals surface area contributed by atoms with Gasteiger partial charge in [0.2, 0.25) is 0 Å². The molecule has 0 saturated carbocycles. The minimum atomic E-state index is -0.706. The van der Waals surface area contributed by atoms with Crippen molar-refractivity contribution < 1.29 is 9.53 Å². The van der Waals surface area contributed by atoms with Crippen LogP contribution in [0.15, 0.2) is 11.6 Å². The summed E-state index contributed by atoms with van der Waals surface area (Å²) in [6.07, 6.45) is 2.02. The first-order chi connectivity index (χ1) is 4.63. The van der Waals surface area contributed by atoms with Crippen LogP contribution in [0.2, 0.25) is 0 Å². The van der Waals surface area contributed by atoms with Crippen molar-refractivity contribution in [1.29, 1.82) is 0 Å². The summed E-state index contributed by atoms with van der Waals surface area (Å²) >= 11 is 0. The van der Waals surface area contributed by atoms with Gasteiger partial charge >= 0.3 is 6.09 Å². The lowest BCUT2D eigenvalue weighted by Gasteiger charge is -1.96. The van der Waals surface area contributed by atoms with E-state index in [1.165, 1.54) is 5.57 Å². The Morgan fingerprint density at radius 1 is 1.60 bits per heavy atom. The molecule has 0 saturated heterocycles. The lowest BCUT2D eigenvalue weighted by Crippen LogP contribution is -2.13. The number of nitrogens with two attached hydrogens (primary N) is 1. The summed E-state index contributed by atoms with van der Waals surface area (Å²) in [5.74, 6) is 0. The number of allylic oxidation sites excluding steroid dienone is 1. The quantitative estimate of drug-likeness (QED) is 0.480. The van der Waals surface area contributed by atoms with Crippen LogP contribution in [0.3, 0.4) is 0 Å². The Bertz CT molecular complexity index is 137. The highest BCUT2D eigenvalue weighted by atomic mass is 16.5. The minimum absolute atomic E-state index is 0.376. The number of primary amides is 1. The second kappa shape index (κ2) is 4.85. The van der Waals surface area contributed by atoms with Crippen LogP contribution in [0.1, 0.15) is 20.3 Å². The van der Waals surface area contributed by atoms with Crippen molar-refractivity contribution in [3.8, 4) is 0 Å². The van der Waals surface area contributed by atoms with E-state index in [9.17, 15) is 4.79 Å². The number of hydrogen-bond acceptors (Lipinski definition) is 2. The van der Waals surface area contributed by atoms with Crippen molar-refractivity contribution in [3.05, 3.63) is 11.6 Å². The number of hydrogen-bond donors (Lipinski definition) is 1. The van der Waals surface area contributed by atoms with E-state index in [0.29, 0.717) is 6.61 Å². The normalized spacial score (nSPS) is 8.60. The van der Waals surface area contributed by atoms with Crippen LogP contribution in [0.5, 0.6) is 0 Å². The van der Waals surface area contributed by atoms with Gasteiger partial charge in [0.15, 0.2) is 0 Å². The molecule has 1 amide bonds. The molecule has 3 nitrogen and oxygen atoms in total. The van der Waals surface area contributed by atoms with Crippen molar-refractivity contribution in [2.45, 2.75) is 20.3 Å². The van der Waals surface area contributed by atoms with Gasteiger partial charge in [0.1, 0.15) is 0 Å². The fourth-order valence-electron chi connectivity index (χ4n) is 0.507. The van der Waals surface area contributed by atoms with Crippen LogP contribution in [0.4, 0.5) is 4.79 Å². The zero-order valence-corrected chi connectivity index (χ0v) is 6.39. The number of rotatable bonds is 3. The van der Waals surface area contributed by atoms with Crippen LogP contribution >= 0.6 is 0 Å². The number of amides is 1. The van der Waals surface area contributed by atoms with Crippen molar-refractivity contribution in [2.24, 2.45) is 5.73 Å². The standard InChI is InChI=1S/C7H13NO2/c1-6(2)4-3-5-10-7(8)9/h4H,3,5H2,1-2H3,(H2,8,9). The van der Waals surface area contributed by atoms with Crippen LogP contribution in [-0.4, -0.2) is 12.7 Å². The molecule has 0 heterocycles. The smallest absolute Gasteiger partial charge is 0.404 e. The molecule has 58 valence electrons. The van der Waals surface area contributed by atoms with Gasteiger partial charge in [-0.25, -0.2) is 4.79 Å². The van der Waals surface area contributed by atoms with Crippen molar-refractivity contribution >= 4 is 6.09 Å². The number of ether oxygens (including phenoxy) is 1. The molecule has 0 atom stereocenters. The van der Waals surface area contributed by atoms with Crippen molar-refractivity contribution in [1.82, 2.24) is 0 Å². The molecule has 0 rings (SSSR count). The Morgan fingerprint density at radius 2 is 2.20 bits per heavy atom. The number of carbonyl (C=O) groups excluding carboxylic acids is 1. The Hall–Kier alpha value is -0.990. The molecule has 0 fully saturated rings. The van der Waals surface area contributed by atoms with E-state index in [1.807, 2.05) is 19.9 Å². The van der Waals surface area contributed by atoms with Crippen LogP contribution in [0, 0.1) is 0 Å². The molecule has 0 aromatic heterocycles. The monoisotopic (exact) mass is 143 g/mol. The van der Waals surface area contributed by atoms with Gasteiger partial charge in [-0.2, -0.15) is 0 Å². The average Bonchev–Trinajstić information content (AvgIpc) is 1.79. The SMILES string of the molecule is CC(C)=CCCOC(N)=O. The third-order valence-electron chi connectivity index (χ3n) is 0.915.